The van der Waals surface area contributed by atoms with Crippen LogP contribution in [0.5, 0.6) is 0 Å². The molecule has 0 aromatic heterocycles. The normalized spacial score (nSPS) is 10.1. The van der Waals surface area contributed by atoms with Gasteiger partial charge in [0, 0.05) is 12.3 Å². The van der Waals surface area contributed by atoms with Crippen LogP contribution in [0.2, 0.25) is 0 Å². The van der Waals surface area contributed by atoms with Gasteiger partial charge in [-0.3, -0.25) is 0 Å². The third kappa shape index (κ3) is 9.58. The number of nitrogens with one attached hydrogen (secondary N) is 1. The minimum absolute atomic E-state index is 0.475. The van der Waals surface area contributed by atoms with E-state index < -0.39 is 6.09 Å². The number of thioether (sulfide) groups is 1. The molecule has 0 atom stereocenters. The van der Waals surface area contributed by atoms with Gasteiger partial charge in [-0.25, -0.2) is 4.79 Å². The number of hydrogen-bond donors (Lipinski definition) is 2. The van der Waals surface area contributed by atoms with Gasteiger partial charge in [0.2, 0.25) is 0 Å². The van der Waals surface area contributed by atoms with E-state index in [0.29, 0.717) is 5.88 Å². The van der Waals surface area contributed by atoms with Crippen LogP contribution in [0.25, 0.3) is 0 Å². The van der Waals surface area contributed by atoms with E-state index >= 15 is 0 Å². The van der Waals surface area contributed by atoms with Crippen LogP contribution in [0, 0.1) is 0 Å². The zero-order chi connectivity index (χ0) is 8.69. The van der Waals surface area contributed by atoms with E-state index in [1.165, 1.54) is 0 Å². The quantitative estimate of drug-likeness (QED) is 0.475. The van der Waals surface area contributed by atoms with Crippen molar-refractivity contribution in [2.45, 2.75) is 0 Å². The van der Waals surface area contributed by atoms with Gasteiger partial charge in [0.1, 0.15) is 0 Å². The standard InChI is InChI=1S/C6H14N2O2S/c1-8(2)3-4-11-5-7-6(9)10/h7H,3-5H2,1-2H3,(H,9,10). The molecule has 1 amide bonds. The third-order valence-electron chi connectivity index (χ3n) is 1.01. The van der Waals surface area contributed by atoms with Crippen LogP contribution < -0.4 is 5.32 Å². The molecule has 0 aromatic carbocycles. The lowest BCUT2D eigenvalue weighted by Gasteiger charge is -2.07. The summed E-state index contributed by atoms with van der Waals surface area (Å²) in [5.41, 5.74) is 0. The Morgan fingerprint density at radius 1 is 1.64 bits per heavy atom. The average molecular weight is 178 g/mol. The molecule has 0 radical (unpaired) electrons. The van der Waals surface area contributed by atoms with Crippen molar-refractivity contribution in [2.24, 2.45) is 0 Å². The maximum atomic E-state index is 9.96. The molecule has 0 aliphatic heterocycles. The summed E-state index contributed by atoms with van der Waals surface area (Å²) < 4.78 is 0. The van der Waals surface area contributed by atoms with E-state index in [0.717, 1.165) is 12.3 Å². The number of nitrogens with zero attached hydrogens (tertiary/aromatic N) is 1. The highest BCUT2D eigenvalue weighted by Gasteiger charge is 1.93. The fourth-order valence-corrected chi connectivity index (χ4v) is 1.30. The maximum absolute atomic E-state index is 9.96. The molecule has 0 aliphatic rings. The van der Waals surface area contributed by atoms with Crippen LogP contribution >= 0.6 is 11.8 Å². The highest BCUT2D eigenvalue weighted by molar-refractivity contribution is 7.99. The van der Waals surface area contributed by atoms with E-state index in [-0.39, 0.29) is 0 Å². The van der Waals surface area contributed by atoms with E-state index in [1.54, 1.807) is 11.8 Å². The second-order valence-corrected chi connectivity index (χ2v) is 3.44. The Labute approximate surface area is 71.0 Å². The molecule has 0 fully saturated rings. The number of amides is 1. The van der Waals surface area contributed by atoms with E-state index in [1.807, 2.05) is 14.1 Å². The summed E-state index contributed by atoms with van der Waals surface area (Å²) in [5.74, 6) is 1.43. The van der Waals surface area contributed by atoms with Crippen molar-refractivity contribution < 1.29 is 9.90 Å². The molecule has 0 spiro atoms. The van der Waals surface area contributed by atoms with Crippen LogP contribution in [0.4, 0.5) is 4.79 Å². The first-order valence-electron chi connectivity index (χ1n) is 3.32. The predicted molar refractivity (Wildman–Crippen MR) is 47.0 cm³/mol. The molecule has 5 heteroatoms. The van der Waals surface area contributed by atoms with Gasteiger partial charge in [0.15, 0.2) is 0 Å². The molecular weight excluding hydrogens is 164 g/mol. The van der Waals surface area contributed by atoms with Gasteiger partial charge < -0.3 is 15.3 Å². The van der Waals surface area contributed by atoms with Gasteiger partial charge >= 0.3 is 6.09 Å². The maximum Gasteiger partial charge on any atom is 0.405 e. The Kier molecular flexibility index (Phi) is 6.06. The lowest BCUT2D eigenvalue weighted by Crippen LogP contribution is -2.21. The van der Waals surface area contributed by atoms with Crippen molar-refractivity contribution in [1.29, 1.82) is 0 Å². The summed E-state index contributed by atoms with van der Waals surface area (Å²) in [6.45, 7) is 0.978. The third-order valence-corrected chi connectivity index (χ3v) is 1.83. The Hall–Kier alpha value is -0.420. The first kappa shape index (κ1) is 10.6. The van der Waals surface area contributed by atoms with Crippen LogP contribution in [0.1, 0.15) is 0 Å². The molecule has 0 rings (SSSR count). The van der Waals surface area contributed by atoms with Crippen molar-refractivity contribution >= 4 is 17.9 Å². The van der Waals surface area contributed by atoms with Crippen molar-refractivity contribution in [3.05, 3.63) is 0 Å². The minimum atomic E-state index is -0.956. The smallest absolute Gasteiger partial charge is 0.405 e. The topological polar surface area (TPSA) is 52.6 Å². The zero-order valence-electron chi connectivity index (χ0n) is 6.83. The first-order valence-corrected chi connectivity index (χ1v) is 4.47. The monoisotopic (exact) mass is 178 g/mol. The Bertz CT molecular complexity index is 119. The SMILES string of the molecule is CN(C)CCSCNC(=O)O. The van der Waals surface area contributed by atoms with Gasteiger partial charge in [0.25, 0.3) is 0 Å². The zero-order valence-corrected chi connectivity index (χ0v) is 7.65. The fraction of sp³-hybridized carbons (Fsp3) is 0.833. The number of carbonyl (C=O) groups is 1. The summed E-state index contributed by atoms with van der Waals surface area (Å²) in [6, 6.07) is 0. The van der Waals surface area contributed by atoms with Crippen LogP contribution in [0.15, 0.2) is 0 Å². The molecule has 4 nitrogen and oxygen atoms in total. The summed E-state index contributed by atoms with van der Waals surface area (Å²) in [7, 11) is 3.98. The Balaban J connectivity index is 2.97. The molecule has 0 heterocycles. The molecule has 0 unspecified atom stereocenters. The Morgan fingerprint density at radius 3 is 2.73 bits per heavy atom. The van der Waals surface area contributed by atoms with Gasteiger partial charge in [-0.1, -0.05) is 0 Å². The first-order chi connectivity index (χ1) is 5.13. The lowest BCUT2D eigenvalue weighted by molar-refractivity contribution is 0.196. The van der Waals surface area contributed by atoms with E-state index in [2.05, 4.69) is 10.2 Å². The van der Waals surface area contributed by atoms with Crippen LogP contribution in [-0.2, 0) is 0 Å². The highest BCUT2D eigenvalue weighted by atomic mass is 32.2. The Morgan fingerprint density at radius 2 is 2.27 bits per heavy atom. The molecule has 66 valence electrons. The average Bonchev–Trinajstić information content (AvgIpc) is 1.85. The second-order valence-electron chi connectivity index (χ2n) is 2.34. The molecule has 0 aliphatic carbocycles. The van der Waals surface area contributed by atoms with Gasteiger partial charge in [-0.15, -0.1) is 11.8 Å². The number of hydrogen-bond acceptors (Lipinski definition) is 3. The summed E-state index contributed by atoms with van der Waals surface area (Å²) in [6.07, 6.45) is -0.956. The predicted octanol–water partition coefficient (Wildman–Crippen LogP) is 0.506. The summed E-state index contributed by atoms with van der Waals surface area (Å²) in [5, 5.41) is 10.5. The van der Waals surface area contributed by atoms with E-state index in [4.69, 9.17) is 5.11 Å². The molecule has 11 heavy (non-hydrogen) atoms. The van der Waals surface area contributed by atoms with Gasteiger partial charge in [-0.05, 0) is 14.1 Å². The van der Waals surface area contributed by atoms with Crippen molar-refractivity contribution in [1.82, 2.24) is 10.2 Å². The fourth-order valence-electron chi connectivity index (χ4n) is 0.432. The second kappa shape index (κ2) is 6.30. The molecule has 2 N–H and O–H groups in total. The highest BCUT2D eigenvalue weighted by Crippen LogP contribution is 1.95. The number of rotatable bonds is 5. The van der Waals surface area contributed by atoms with Gasteiger partial charge in [0.05, 0.1) is 5.88 Å². The van der Waals surface area contributed by atoms with Crippen molar-refractivity contribution in [3.8, 4) is 0 Å². The largest absolute Gasteiger partial charge is 0.465 e. The molecule has 0 saturated heterocycles. The van der Waals surface area contributed by atoms with Crippen molar-refractivity contribution in [3.63, 3.8) is 0 Å². The van der Waals surface area contributed by atoms with Gasteiger partial charge in [-0.2, -0.15) is 0 Å². The lowest BCUT2D eigenvalue weighted by atomic mass is 10.7. The van der Waals surface area contributed by atoms with Crippen LogP contribution in [-0.4, -0.2) is 48.4 Å². The molecule has 0 saturated carbocycles. The van der Waals surface area contributed by atoms with Crippen molar-refractivity contribution in [2.75, 3.05) is 32.3 Å². The minimum Gasteiger partial charge on any atom is -0.465 e. The molecular formula is C6H14N2O2S. The van der Waals surface area contributed by atoms with E-state index in [9.17, 15) is 4.79 Å². The van der Waals surface area contributed by atoms with Crippen LogP contribution in [0.3, 0.4) is 0 Å². The molecule has 0 aromatic rings. The summed E-state index contributed by atoms with van der Waals surface area (Å²) in [4.78, 5) is 12.0. The molecule has 0 bridgehead atoms. The summed E-state index contributed by atoms with van der Waals surface area (Å²) >= 11 is 1.58. The number of carboxylic acid groups (broad SMARTS) is 1.